The maximum atomic E-state index is 5.88. The van der Waals surface area contributed by atoms with Gasteiger partial charge in [-0.15, -0.1) is 10.2 Å². The number of hydrogen-bond acceptors (Lipinski definition) is 5. The van der Waals surface area contributed by atoms with Crippen LogP contribution in [0.3, 0.4) is 0 Å². The third-order valence-electron chi connectivity index (χ3n) is 3.33. The second-order valence-corrected chi connectivity index (χ2v) is 5.99. The molecule has 3 rings (SSSR count). The van der Waals surface area contributed by atoms with Crippen molar-refractivity contribution in [1.82, 2.24) is 10.2 Å². The lowest BCUT2D eigenvalue weighted by Gasteiger charge is -2.18. The minimum absolute atomic E-state index is 0.254. The van der Waals surface area contributed by atoms with Crippen LogP contribution in [0, 0.1) is 13.8 Å². The molecule has 0 saturated carbocycles. The number of ether oxygens (including phenoxy) is 1. The van der Waals surface area contributed by atoms with E-state index >= 15 is 0 Å². The molecule has 5 heteroatoms. The number of benzene rings is 1. The zero-order valence-electron chi connectivity index (χ0n) is 11.1. The molecule has 1 aromatic carbocycles. The molecule has 0 bridgehead atoms. The van der Waals surface area contributed by atoms with Crippen LogP contribution in [0.25, 0.3) is 0 Å². The van der Waals surface area contributed by atoms with E-state index in [-0.39, 0.29) is 6.04 Å². The lowest BCUT2D eigenvalue weighted by atomic mass is 10.00. The summed E-state index contributed by atoms with van der Waals surface area (Å²) >= 11 is 1.59. The first kappa shape index (κ1) is 12.4. The van der Waals surface area contributed by atoms with E-state index in [0.29, 0.717) is 0 Å². The first-order valence-corrected chi connectivity index (χ1v) is 7.34. The molecule has 2 aromatic rings. The number of hydrogen-bond donors (Lipinski definition) is 1. The van der Waals surface area contributed by atoms with Crippen LogP contribution in [0.15, 0.2) is 18.2 Å². The summed E-state index contributed by atoms with van der Waals surface area (Å²) in [6.45, 7) is 4.85. The lowest BCUT2D eigenvalue weighted by molar-refractivity contribution is 0.314. The molecule has 4 nitrogen and oxygen atoms in total. The van der Waals surface area contributed by atoms with Crippen LogP contribution in [-0.4, -0.2) is 16.8 Å². The second kappa shape index (κ2) is 5.17. The van der Waals surface area contributed by atoms with Gasteiger partial charge in [0.2, 0.25) is 5.13 Å². The standard InChI is InChI=1S/C14H17N3OS/c1-9-5-3-6-11-12(7-4-8-18-13(9)11)15-14-17-16-10(2)19-14/h3,5-6,12H,4,7-8H2,1-2H3,(H,15,17). The molecule has 2 heterocycles. The van der Waals surface area contributed by atoms with Crippen LogP contribution in [0.2, 0.25) is 0 Å². The van der Waals surface area contributed by atoms with E-state index in [1.807, 2.05) is 6.92 Å². The molecular weight excluding hydrogens is 258 g/mol. The van der Waals surface area contributed by atoms with Gasteiger partial charge in [0.05, 0.1) is 12.6 Å². The van der Waals surface area contributed by atoms with E-state index in [1.165, 1.54) is 11.1 Å². The summed E-state index contributed by atoms with van der Waals surface area (Å²) in [5.41, 5.74) is 2.42. The number of nitrogens with one attached hydrogen (secondary N) is 1. The zero-order valence-corrected chi connectivity index (χ0v) is 12.0. The van der Waals surface area contributed by atoms with Gasteiger partial charge in [-0.25, -0.2) is 0 Å². The number of rotatable bonds is 2. The van der Waals surface area contributed by atoms with Crippen LogP contribution in [-0.2, 0) is 0 Å². The van der Waals surface area contributed by atoms with E-state index in [2.05, 4.69) is 40.6 Å². The Morgan fingerprint density at radius 3 is 3.00 bits per heavy atom. The SMILES string of the molecule is Cc1nnc(NC2CCCOc3c(C)cccc32)s1. The molecule has 1 aliphatic heterocycles. The Hall–Kier alpha value is -1.62. The third-order valence-corrected chi connectivity index (χ3v) is 4.09. The molecule has 0 spiro atoms. The number of fused-ring (bicyclic) bond motifs is 1. The Labute approximate surface area is 116 Å². The molecule has 0 fully saturated rings. The van der Waals surface area contributed by atoms with Crippen LogP contribution < -0.4 is 10.1 Å². The minimum atomic E-state index is 0.254. The van der Waals surface area contributed by atoms with Crippen LogP contribution in [0.4, 0.5) is 5.13 Å². The van der Waals surface area contributed by atoms with E-state index in [1.54, 1.807) is 11.3 Å². The number of aromatic nitrogens is 2. The Kier molecular flexibility index (Phi) is 3.38. The minimum Gasteiger partial charge on any atom is -0.493 e. The molecular formula is C14H17N3OS. The molecule has 1 N–H and O–H groups in total. The molecule has 0 aliphatic carbocycles. The van der Waals surface area contributed by atoms with Gasteiger partial charge in [-0.2, -0.15) is 0 Å². The van der Waals surface area contributed by atoms with Gasteiger partial charge in [0.1, 0.15) is 10.8 Å². The van der Waals surface area contributed by atoms with E-state index < -0.39 is 0 Å². The first-order chi connectivity index (χ1) is 9.24. The zero-order chi connectivity index (χ0) is 13.2. The summed E-state index contributed by atoms with van der Waals surface area (Å²) in [6, 6.07) is 6.57. The van der Waals surface area contributed by atoms with Crippen LogP contribution in [0.5, 0.6) is 5.75 Å². The predicted octanol–water partition coefficient (Wildman–Crippen LogP) is 3.48. The van der Waals surface area contributed by atoms with Gasteiger partial charge in [-0.3, -0.25) is 0 Å². The van der Waals surface area contributed by atoms with Gasteiger partial charge >= 0.3 is 0 Å². The fraction of sp³-hybridized carbons (Fsp3) is 0.429. The van der Waals surface area contributed by atoms with Crippen molar-refractivity contribution in [3.8, 4) is 5.75 Å². The Bertz CT molecular complexity index is 582. The van der Waals surface area contributed by atoms with Gasteiger partial charge in [-0.1, -0.05) is 29.5 Å². The fourth-order valence-corrected chi connectivity index (χ4v) is 3.06. The van der Waals surface area contributed by atoms with Crippen molar-refractivity contribution < 1.29 is 4.74 Å². The topological polar surface area (TPSA) is 47.0 Å². The van der Waals surface area contributed by atoms with E-state index in [9.17, 15) is 0 Å². The first-order valence-electron chi connectivity index (χ1n) is 6.53. The van der Waals surface area contributed by atoms with E-state index in [4.69, 9.17) is 4.74 Å². The number of aryl methyl sites for hydroxylation is 2. The average Bonchev–Trinajstić information content (AvgIpc) is 2.68. The highest BCUT2D eigenvalue weighted by Gasteiger charge is 2.21. The third kappa shape index (κ3) is 2.56. The van der Waals surface area contributed by atoms with Crippen LogP contribution in [0.1, 0.15) is 35.0 Å². The van der Waals surface area contributed by atoms with Gasteiger partial charge in [0.25, 0.3) is 0 Å². The smallest absolute Gasteiger partial charge is 0.206 e. The molecule has 0 saturated heterocycles. The summed E-state index contributed by atoms with van der Waals surface area (Å²) in [4.78, 5) is 0. The van der Waals surface area contributed by atoms with Crippen molar-refractivity contribution in [1.29, 1.82) is 0 Å². The van der Waals surface area contributed by atoms with Gasteiger partial charge in [0, 0.05) is 5.56 Å². The Morgan fingerprint density at radius 1 is 1.32 bits per heavy atom. The second-order valence-electron chi connectivity index (χ2n) is 4.81. The van der Waals surface area contributed by atoms with Crippen molar-refractivity contribution in [3.05, 3.63) is 34.3 Å². The molecule has 1 atom stereocenters. The summed E-state index contributed by atoms with van der Waals surface area (Å²) < 4.78 is 5.88. The summed E-state index contributed by atoms with van der Waals surface area (Å²) in [5.74, 6) is 1.03. The van der Waals surface area contributed by atoms with Crippen molar-refractivity contribution in [2.75, 3.05) is 11.9 Å². The molecule has 100 valence electrons. The Morgan fingerprint density at radius 2 is 2.21 bits per heavy atom. The number of para-hydroxylation sites is 1. The summed E-state index contributed by atoms with van der Waals surface area (Å²) in [7, 11) is 0. The molecule has 1 aliphatic rings. The largest absolute Gasteiger partial charge is 0.493 e. The van der Waals surface area contributed by atoms with E-state index in [0.717, 1.165) is 35.3 Å². The normalized spacial score (nSPS) is 18.3. The predicted molar refractivity (Wildman–Crippen MR) is 76.9 cm³/mol. The summed E-state index contributed by atoms with van der Waals surface area (Å²) in [5, 5.41) is 13.6. The number of nitrogens with zero attached hydrogens (tertiary/aromatic N) is 2. The molecule has 0 radical (unpaired) electrons. The van der Waals surface area contributed by atoms with Crippen molar-refractivity contribution in [2.24, 2.45) is 0 Å². The fourth-order valence-electron chi connectivity index (χ4n) is 2.42. The maximum absolute atomic E-state index is 5.88. The monoisotopic (exact) mass is 275 g/mol. The molecule has 0 amide bonds. The molecule has 1 unspecified atom stereocenters. The Balaban J connectivity index is 1.92. The summed E-state index contributed by atoms with van der Waals surface area (Å²) in [6.07, 6.45) is 2.10. The van der Waals surface area contributed by atoms with Crippen molar-refractivity contribution in [2.45, 2.75) is 32.7 Å². The molecule has 1 aromatic heterocycles. The lowest BCUT2D eigenvalue weighted by Crippen LogP contribution is -2.10. The van der Waals surface area contributed by atoms with Crippen LogP contribution >= 0.6 is 11.3 Å². The number of anilines is 1. The highest BCUT2D eigenvalue weighted by Crippen LogP contribution is 2.36. The maximum Gasteiger partial charge on any atom is 0.206 e. The van der Waals surface area contributed by atoms with Crippen molar-refractivity contribution in [3.63, 3.8) is 0 Å². The quantitative estimate of drug-likeness (QED) is 0.911. The van der Waals surface area contributed by atoms with Gasteiger partial charge in [0.15, 0.2) is 0 Å². The van der Waals surface area contributed by atoms with Gasteiger partial charge in [-0.05, 0) is 32.3 Å². The molecule has 19 heavy (non-hydrogen) atoms. The highest BCUT2D eigenvalue weighted by atomic mass is 32.1. The van der Waals surface area contributed by atoms with Gasteiger partial charge < -0.3 is 10.1 Å². The average molecular weight is 275 g/mol. The van der Waals surface area contributed by atoms with Crippen molar-refractivity contribution >= 4 is 16.5 Å². The highest BCUT2D eigenvalue weighted by molar-refractivity contribution is 7.15.